The molecule has 1 aromatic carbocycles. The molecule has 1 aliphatic carbocycles. The topological polar surface area (TPSA) is 21.3 Å². The number of ether oxygens (including phenoxy) is 1. The van der Waals surface area contributed by atoms with Gasteiger partial charge in [0.2, 0.25) is 0 Å². The highest BCUT2D eigenvalue weighted by atomic mass is 16.5. The summed E-state index contributed by atoms with van der Waals surface area (Å²) in [5, 5.41) is 3.34. The Bertz CT molecular complexity index is 373. The minimum absolute atomic E-state index is 0.221. The monoisotopic (exact) mass is 219 g/mol. The van der Waals surface area contributed by atoms with Gasteiger partial charge in [-0.1, -0.05) is 26.0 Å². The summed E-state index contributed by atoms with van der Waals surface area (Å²) in [6.45, 7) is 6.62. The first kappa shape index (κ1) is 11.5. The van der Waals surface area contributed by atoms with E-state index in [1.54, 1.807) is 0 Å². The van der Waals surface area contributed by atoms with Crippen molar-refractivity contribution in [1.82, 2.24) is 5.32 Å². The Labute approximate surface area is 98.0 Å². The van der Waals surface area contributed by atoms with Crippen LogP contribution in [0.1, 0.15) is 25.8 Å². The Morgan fingerprint density at radius 2 is 2.12 bits per heavy atom. The molecule has 2 nitrogen and oxygen atoms in total. The van der Waals surface area contributed by atoms with Crippen LogP contribution in [-0.4, -0.2) is 19.2 Å². The molecule has 1 fully saturated rings. The van der Waals surface area contributed by atoms with Gasteiger partial charge in [-0.15, -0.1) is 0 Å². The van der Waals surface area contributed by atoms with E-state index in [0.717, 1.165) is 12.2 Å². The summed E-state index contributed by atoms with van der Waals surface area (Å²) < 4.78 is 6.04. The summed E-state index contributed by atoms with van der Waals surface area (Å²) >= 11 is 0. The van der Waals surface area contributed by atoms with E-state index in [9.17, 15) is 0 Å². The molecule has 1 N–H and O–H groups in total. The average molecular weight is 219 g/mol. The van der Waals surface area contributed by atoms with Crippen LogP contribution in [-0.2, 0) is 0 Å². The Hall–Kier alpha value is -1.02. The number of hydrogen-bond acceptors (Lipinski definition) is 2. The third kappa shape index (κ3) is 1.94. The number of nitrogens with one attached hydrogen (secondary N) is 1. The highest BCUT2D eigenvalue weighted by Gasteiger charge is 2.49. The summed E-state index contributed by atoms with van der Waals surface area (Å²) in [6.07, 6.45) is 1.42. The molecule has 2 rings (SSSR count). The molecule has 0 amide bonds. The van der Waals surface area contributed by atoms with Crippen LogP contribution in [0.3, 0.4) is 0 Å². The van der Waals surface area contributed by atoms with Gasteiger partial charge >= 0.3 is 0 Å². The van der Waals surface area contributed by atoms with Crippen molar-refractivity contribution in [2.75, 3.05) is 7.05 Å². The Morgan fingerprint density at radius 1 is 1.38 bits per heavy atom. The maximum atomic E-state index is 6.04. The smallest absolute Gasteiger partial charge is 0.120 e. The van der Waals surface area contributed by atoms with E-state index in [2.05, 4.69) is 38.2 Å². The van der Waals surface area contributed by atoms with Gasteiger partial charge in [-0.2, -0.15) is 0 Å². The minimum Gasteiger partial charge on any atom is -0.490 e. The van der Waals surface area contributed by atoms with Gasteiger partial charge in [0.05, 0.1) is 0 Å². The van der Waals surface area contributed by atoms with Gasteiger partial charge in [0.25, 0.3) is 0 Å². The highest BCUT2D eigenvalue weighted by molar-refractivity contribution is 5.28. The average Bonchev–Trinajstić information content (AvgIpc) is 2.23. The fourth-order valence-corrected chi connectivity index (χ4v) is 2.43. The van der Waals surface area contributed by atoms with Crippen molar-refractivity contribution in [1.29, 1.82) is 0 Å². The lowest BCUT2D eigenvalue weighted by molar-refractivity contribution is -0.0521. The molecule has 0 bridgehead atoms. The third-order valence-corrected chi connectivity index (χ3v) is 3.79. The van der Waals surface area contributed by atoms with Crippen molar-refractivity contribution < 1.29 is 4.74 Å². The Balaban J connectivity index is 2.02. The summed E-state index contributed by atoms with van der Waals surface area (Å²) in [5.41, 5.74) is 1.47. The first-order valence-corrected chi connectivity index (χ1v) is 5.94. The van der Waals surface area contributed by atoms with Crippen molar-refractivity contribution >= 4 is 0 Å². The van der Waals surface area contributed by atoms with Gasteiger partial charge in [-0.05, 0) is 31.7 Å². The second kappa shape index (κ2) is 4.10. The third-order valence-electron chi connectivity index (χ3n) is 3.79. The zero-order valence-corrected chi connectivity index (χ0v) is 10.6. The van der Waals surface area contributed by atoms with Crippen molar-refractivity contribution in [2.45, 2.75) is 39.3 Å². The first-order valence-electron chi connectivity index (χ1n) is 5.94. The maximum Gasteiger partial charge on any atom is 0.120 e. The molecular weight excluding hydrogens is 198 g/mol. The second-order valence-corrected chi connectivity index (χ2v) is 5.32. The SMILES string of the molecule is CNC1CC(Oc2cccc(C)c2)C1(C)C. The number of rotatable bonds is 3. The molecular formula is C14H21NO. The predicted molar refractivity (Wildman–Crippen MR) is 66.8 cm³/mol. The molecule has 1 aromatic rings. The predicted octanol–water partition coefficient (Wildman–Crippen LogP) is 2.76. The number of benzene rings is 1. The number of aryl methyl sites for hydroxylation is 1. The zero-order chi connectivity index (χ0) is 11.8. The molecule has 0 saturated heterocycles. The lowest BCUT2D eigenvalue weighted by atomic mass is 9.64. The van der Waals surface area contributed by atoms with Crippen molar-refractivity contribution in [3.8, 4) is 5.75 Å². The van der Waals surface area contributed by atoms with E-state index in [-0.39, 0.29) is 5.41 Å². The fraction of sp³-hybridized carbons (Fsp3) is 0.571. The quantitative estimate of drug-likeness (QED) is 0.844. The molecule has 2 atom stereocenters. The number of hydrogen-bond donors (Lipinski definition) is 1. The van der Waals surface area contributed by atoms with E-state index in [1.807, 2.05) is 19.2 Å². The van der Waals surface area contributed by atoms with Crippen LogP contribution in [0.15, 0.2) is 24.3 Å². The second-order valence-electron chi connectivity index (χ2n) is 5.32. The lowest BCUT2D eigenvalue weighted by Gasteiger charge is -2.51. The molecule has 0 aromatic heterocycles. The van der Waals surface area contributed by atoms with Crippen LogP contribution >= 0.6 is 0 Å². The summed E-state index contributed by atoms with van der Waals surface area (Å²) in [7, 11) is 2.02. The zero-order valence-electron chi connectivity index (χ0n) is 10.6. The molecule has 2 unspecified atom stereocenters. The molecule has 1 aliphatic rings. The minimum atomic E-state index is 0.221. The van der Waals surface area contributed by atoms with Crippen LogP contribution in [0, 0.1) is 12.3 Å². The first-order chi connectivity index (χ1) is 7.54. The highest BCUT2D eigenvalue weighted by Crippen LogP contribution is 2.42. The Kier molecular flexibility index (Phi) is 2.94. The van der Waals surface area contributed by atoms with Gasteiger partial charge in [-0.25, -0.2) is 0 Å². The molecule has 0 heterocycles. The Morgan fingerprint density at radius 3 is 2.69 bits per heavy atom. The van der Waals surface area contributed by atoms with Crippen LogP contribution in [0.4, 0.5) is 0 Å². The molecule has 16 heavy (non-hydrogen) atoms. The molecule has 2 heteroatoms. The van der Waals surface area contributed by atoms with E-state index in [0.29, 0.717) is 12.1 Å². The normalized spacial score (nSPS) is 27.2. The van der Waals surface area contributed by atoms with E-state index in [4.69, 9.17) is 4.74 Å². The van der Waals surface area contributed by atoms with Crippen molar-refractivity contribution in [3.05, 3.63) is 29.8 Å². The van der Waals surface area contributed by atoms with Crippen molar-refractivity contribution in [2.24, 2.45) is 5.41 Å². The summed E-state index contributed by atoms with van der Waals surface area (Å²) in [4.78, 5) is 0. The summed E-state index contributed by atoms with van der Waals surface area (Å²) in [6, 6.07) is 8.85. The van der Waals surface area contributed by atoms with Crippen LogP contribution in [0.25, 0.3) is 0 Å². The van der Waals surface area contributed by atoms with Gasteiger partial charge in [0.15, 0.2) is 0 Å². The van der Waals surface area contributed by atoms with Crippen LogP contribution in [0.2, 0.25) is 0 Å². The lowest BCUT2D eigenvalue weighted by Crippen LogP contribution is -2.61. The molecule has 0 aliphatic heterocycles. The van der Waals surface area contributed by atoms with E-state index in [1.165, 1.54) is 5.56 Å². The summed E-state index contributed by atoms with van der Waals surface area (Å²) in [5.74, 6) is 0.993. The molecule has 0 spiro atoms. The van der Waals surface area contributed by atoms with Gasteiger partial charge in [0.1, 0.15) is 11.9 Å². The van der Waals surface area contributed by atoms with Gasteiger partial charge in [0, 0.05) is 17.9 Å². The van der Waals surface area contributed by atoms with Gasteiger partial charge in [-0.3, -0.25) is 0 Å². The molecule has 1 saturated carbocycles. The van der Waals surface area contributed by atoms with E-state index < -0.39 is 0 Å². The van der Waals surface area contributed by atoms with Crippen molar-refractivity contribution in [3.63, 3.8) is 0 Å². The molecule has 88 valence electrons. The largest absolute Gasteiger partial charge is 0.490 e. The van der Waals surface area contributed by atoms with Crippen LogP contribution in [0.5, 0.6) is 5.75 Å². The molecule has 0 radical (unpaired) electrons. The van der Waals surface area contributed by atoms with E-state index >= 15 is 0 Å². The van der Waals surface area contributed by atoms with Crippen LogP contribution < -0.4 is 10.1 Å². The standard InChI is InChI=1S/C14H21NO/c1-10-6-5-7-11(8-10)16-13-9-12(15-4)14(13,2)3/h5-8,12-13,15H,9H2,1-4H3. The fourth-order valence-electron chi connectivity index (χ4n) is 2.43. The maximum absolute atomic E-state index is 6.04. The van der Waals surface area contributed by atoms with Gasteiger partial charge < -0.3 is 10.1 Å².